The maximum Gasteiger partial charge on any atom is 0.119 e. The number of thioether (sulfide) groups is 1. The van der Waals surface area contributed by atoms with E-state index in [2.05, 4.69) is 6.07 Å². The molecule has 0 heterocycles. The van der Waals surface area contributed by atoms with E-state index in [1.54, 1.807) is 18.9 Å². The molecule has 108 valence electrons. The van der Waals surface area contributed by atoms with Gasteiger partial charge in [-0.05, 0) is 35.9 Å². The smallest absolute Gasteiger partial charge is 0.119 e. The third-order valence-electron chi connectivity index (χ3n) is 2.95. The van der Waals surface area contributed by atoms with Crippen LogP contribution in [0, 0.1) is 11.3 Å². The SMILES string of the molecule is COc1ccc(OCCSCc2ccccc2C#N)cc1. The molecular weight excluding hydrogens is 282 g/mol. The van der Waals surface area contributed by atoms with Crippen molar-refractivity contribution >= 4 is 11.8 Å². The highest BCUT2D eigenvalue weighted by atomic mass is 32.2. The minimum atomic E-state index is 0.645. The van der Waals surface area contributed by atoms with Gasteiger partial charge in [0.1, 0.15) is 11.5 Å². The van der Waals surface area contributed by atoms with Gasteiger partial charge in [0.2, 0.25) is 0 Å². The summed E-state index contributed by atoms with van der Waals surface area (Å²) in [6.07, 6.45) is 0. The molecule has 0 aliphatic rings. The van der Waals surface area contributed by atoms with Gasteiger partial charge in [-0.1, -0.05) is 18.2 Å². The number of hydrogen-bond acceptors (Lipinski definition) is 4. The number of methoxy groups -OCH3 is 1. The summed E-state index contributed by atoms with van der Waals surface area (Å²) in [5.74, 6) is 3.38. The molecule has 0 saturated carbocycles. The summed E-state index contributed by atoms with van der Waals surface area (Å²) >= 11 is 1.76. The van der Waals surface area contributed by atoms with Gasteiger partial charge in [-0.25, -0.2) is 0 Å². The Labute approximate surface area is 129 Å². The monoisotopic (exact) mass is 299 g/mol. The van der Waals surface area contributed by atoms with Crippen LogP contribution in [0.25, 0.3) is 0 Å². The van der Waals surface area contributed by atoms with Crippen molar-refractivity contribution in [2.24, 2.45) is 0 Å². The maximum absolute atomic E-state index is 9.02. The Hall–Kier alpha value is -2.12. The molecule has 2 aromatic carbocycles. The molecule has 0 spiro atoms. The van der Waals surface area contributed by atoms with E-state index in [9.17, 15) is 0 Å². The van der Waals surface area contributed by atoms with Crippen LogP contribution in [0.4, 0.5) is 0 Å². The van der Waals surface area contributed by atoms with Gasteiger partial charge in [0, 0.05) is 11.5 Å². The topological polar surface area (TPSA) is 42.2 Å². The molecule has 0 N–H and O–H groups in total. The lowest BCUT2D eigenvalue weighted by molar-refractivity contribution is 0.342. The molecule has 0 atom stereocenters. The highest BCUT2D eigenvalue weighted by molar-refractivity contribution is 7.98. The first-order valence-corrected chi connectivity index (χ1v) is 7.81. The molecule has 0 bridgehead atoms. The highest BCUT2D eigenvalue weighted by Gasteiger charge is 2.01. The van der Waals surface area contributed by atoms with Crippen LogP contribution in [0.2, 0.25) is 0 Å². The number of benzene rings is 2. The Morgan fingerprint density at radius 1 is 1.05 bits per heavy atom. The van der Waals surface area contributed by atoms with Gasteiger partial charge in [0.25, 0.3) is 0 Å². The van der Waals surface area contributed by atoms with E-state index in [0.29, 0.717) is 6.61 Å². The summed E-state index contributed by atoms with van der Waals surface area (Å²) < 4.78 is 10.8. The molecular formula is C17H17NO2S. The fourth-order valence-electron chi connectivity index (χ4n) is 1.83. The summed E-state index contributed by atoms with van der Waals surface area (Å²) in [7, 11) is 1.64. The summed E-state index contributed by atoms with van der Waals surface area (Å²) in [4.78, 5) is 0. The zero-order chi connectivity index (χ0) is 14.9. The second kappa shape index (κ2) is 8.23. The summed E-state index contributed by atoms with van der Waals surface area (Å²) in [5, 5.41) is 9.02. The van der Waals surface area contributed by atoms with Crippen LogP contribution in [-0.2, 0) is 5.75 Å². The van der Waals surface area contributed by atoms with E-state index in [1.165, 1.54) is 0 Å². The van der Waals surface area contributed by atoms with Gasteiger partial charge in [-0.2, -0.15) is 17.0 Å². The van der Waals surface area contributed by atoms with Gasteiger partial charge in [-0.15, -0.1) is 0 Å². The van der Waals surface area contributed by atoms with Gasteiger partial charge >= 0.3 is 0 Å². The largest absolute Gasteiger partial charge is 0.497 e. The molecule has 2 rings (SSSR count). The zero-order valence-corrected chi connectivity index (χ0v) is 12.7. The number of nitriles is 1. The van der Waals surface area contributed by atoms with Gasteiger partial charge in [-0.3, -0.25) is 0 Å². The van der Waals surface area contributed by atoms with Crippen molar-refractivity contribution in [3.63, 3.8) is 0 Å². The Morgan fingerprint density at radius 3 is 2.48 bits per heavy atom. The first kappa shape index (κ1) is 15.3. The summed E-state index contributed by atoms with van der Waals surface area (Å²) in [6.45, 7) is 0.645. The predicted octanol–water partition coefficient (Wildman–Crippen LogP) is 3.88. The zero-order valence-electron chi connectivity index (χ0n) is 11.9. The van der Waals surface area contributed by atoms with Crippen molar-refractivity contribution in [2.45, 2.75) is 5.75 Å². The maximum atomic E-state index is 9.02. The Kier molecular flexibility index (Phi) is 5.99. The van der Waals surface area contributed by atoms with E-state index < -0.39 is 0 Å². The van der Waals surface area contributed by atoms with Crippen LogP contribution >= 0.6 is 11.8 Å². The van der Waals surface area contributed by atoms with Crippen LogP contribution in [0.15, 0.2) is 48.5 Å². The fraction of sp³-hybridized carbons (Fsp3) is 0.235. The van der Waals surface area contributed by atoms with Crippen LogP contribution < -0.4 is 9.47 Å². The lowest BCUT2D eigenvalue weighted by Crippen LogP contribution is -2.00. The predicted molar refractivity (Wildman–Crippen MR) is 85.8 cm³/mol. The summed E-state index contributed by atoms with van der Waals surface area (Å²) in [5.41, 5.74) is 1.83. The lowest BCUT2D eigenvalue weighted by atomic mass is 10.1. The Bertz CT molecular complexity index is 605. The molecule has 0 amide bonds. The van der Waals surface area contributed by atoms with Crippen molar-refractivity contribution < 1.29 is 9.47 Å². The highest BCUT2D eigenvalue weighted by Crippen LogP contribution is 2.18. The van der Waals surface area contributed by atoms with Crippen LogP contribution in [0.1, 0.15) is 11.1 Å². The molecule has 0 radical (unpaired) electrons. The second-order valence-electron chi connectivity index (χ2n) is 4.35. The van der Waals surface area contributed by atoms with Crippen molar-refractivity contribution in [3.8, 4) is 17.6 Å². The van der Waals surface area contributed by atoms with Gasteiger partial charge in [0.05, 0.1) is 25.3 Å². The number of rotatable bonds is 7. The molecule has 21 heavy (non-hydrogen) atoms. The van der Waals surface area contributed by atoms with E-state index >= 15 is 0 Å². The average Bonchev–Trinajstić information content (AvgIpc) is 2.55. The molecule has 2 aromatic rings. The van der Waals surface area contributed by atoms with E-state index in [1.807, 2.05) is 48.5 Å². The van der Waals surface area contributed by atoms with Crippen LogP contribution in [-0.4, -0.2) is 19.5 Å². The third kappa shape index (κ3) is 4.73. The van der Waals surface area contributed by atoms with Gasteiger partial charge in [0.15, 0.2) is 0 Å². The van der Waals surface area contributed by atoms with E-state index in [4.69, 9.17) is 14.7 Å². The molecule has 0 saturated heterocycles. The Morgan fingerprint density at radius 2 is 1.76 bits per heavy atom. The molecule has 4 heteroatoms. The minimum Gasteiger partial charge on any atom is -0.497 e. The number of nitrogens with zero attached hydrogens (tertiary/aromatic N) is 1. The van der Waals surface area contributed by atoms with Crippen molar-refractivity contribution in [1.82, 2.24) is 0 Å². The Balaban J connectivity index is 1.71. The van der Waals surface area contributed by atoms with Crippen molar-refractivity contribution in [1.29, 1.82) is 5.26 Å². The van der Waals surface area contributed by atoms with Crippen LogP contribution in [0.3, 0.4) is 0 Å². The standard InChI is InChI=1S/C17H17NO2S/c1-19-16-6-8-17(9-7-16)20-10-11-21-13-15-5-3-2-4-14(15)12-18/h2-9H,10-11,13H2,1H3. The van der Waals surface area contributed by atoms with Gasteiger partial charge < -0.3 is 9.47 Å². The van der Waals surface area contributed by atoms with Crippen molar-refractivity contribution in [2.75, 3.05) is 19.5 Å². The number of ether oxygens (including phenoxy) is 2. The molecule has 0 aromatic heterocycles. The van der Waals surface area contributed by atoms with E-state index in [0.717, 1.165) is 34.1 Å². The molecule has 3 nitrogen and oxygen atoms in total. The van der Waals surface area contributed by atoms with Crippen molar-refractivity contribution in [3.05, 3.63) is 59.7 Å². The van der Waals surface area contributed by atoms with Crippen LogP contribution in [0.5, 0.6) is 11.5 Å². The second-order valence-corrected chi connectivity index (χ2v) is 5.45. The quantitative estimate of drug-likeness (QED) is 0.728. The normalized spacial score (nSPS) is 9.90. The molecule has 0 aliphatic carbocycles. The molecule has 0 fully saturated rings. The lowest BCUT2D eigenvalue weighted by Gasteiger charge is -2.07. The number of hydrogen-bond donors (Lipinski definition) is 0. The third-order valence-corrected chi connectivity index (χ3v) is 3.92. The molecule has 0 unspecified atom stereocenters. The first-order valence-electron chi connectivity index (χ1n) is 6.66. The first-order chi connectivity index (χ1) is 10.3. The average molecular weight is 299 g/mol. The fourth-order valence-corrected chi connectivity index (χ4v) is 2.64. The summed E-state index contributed by atoms with van der Waals surface area (Å²) in [6, 6.07) is 17.5. The minimum absolute atomic E-state index is 0.645. The van der Waals surface area contributed by atoms with E-state index in [-0.39, 0.29) is 0 Å². The molecule has 0 aliphatic heterocycles.